The summed E-state index contributed by atoms with van der Waals surface area (Å²) in [4.78, 5) is 12.2. The monoisotopic (exact) mass is 389 g/mol. The summed E-state index contributed by atoms with van der Waals surface area (Å²) in [7, 11) is 0. The Morgan fingerprint density at radius 2 is 1.74 bits per heavy atom. The Balaban J connectivity index is 2.69. The molecule has 0 saturated heterocycles. The van der Waals surface area contributed by atoms with Crippen LogP contribution < -0.4 is 5.32 Å². The van der Waals surface area contributed by atoms with E-state index in [0.717, 1.165) is 15.5 Å². The van der Waals surface area contributed by atoms with Crippen molar-refractivity contribution in [1.82, 2.24) is 5.32 Å². The van der Waals surface area contributed by atoms with Crippen LogP contribution in [0, 0.1) is 17.8 Å². The Hall–Kier alpha value is -0.350. The van der Waals surface area contributed by atoms with Gasteiger partial charge < -0.3 is 5.32 Å². The minimum Gasteiger partial charge on any atom is -0.352 e. The van der Waals surface area contributed by atoms with Gasteiger partial charge in [0.05, 0.1) is 5.56 Å². The van der Waals surface area contributed by atoms with Crippen molar-refractivity contribution in [3.63, 3.8) is 0 Å². The predicted molar refractivity (Wildman–Crippen MR) is 87.3 cm³/mol. The van der Waals surface area contributed by atoms with E-state index >= 15 is 0 Å². The summed E-state index contributed by atoms with van der Waals surface area (Å²) in [6.07, 6.45) is 0. The van der Waals surface area contributed by atoms with Gasteiger partial charge in [-0.05, 0) is 51.9 Å². The lowest BCUT2D eigenvalue weighted by molar-refractivity contribution is 0.0936. The second-order valence-electron chi connectivity index (χ2n) is 5.49. The first-order chi connectivity index (χ1) is 8.82. The third kappa shape index (κ3) is 4.92. The molecule has 0 radical (unpaired) electrons. The number of benzene rings is 1. The fourth-order valence-corrected chi connectivity index (χ4v) is 3.45. The van der Waals surface area contributed by atoms with Gasteiger partial charge in [0.1, 0.15) is 0 Å². The molecule has 2 nitrogen and oxygen atoms in total. The lowest BCUT2D eigenvalue weighted by Gasteiger charge is -2.25. The van der Waals surface area contributed by atoms with Crippen molar-refractivity contribution in [3.8, 4) is 0 Å². The van der Waals surface area contributed by atoms with Gasteiger partial charge in [-0.15, -0.1) is 0 Å². The van der Waals surface area contributed by atoms with E-state index in [0.29, 0.717) is 23.3 Å². The molecule has 0 unspecified atom stereocenters. The largest absolute Gasteiger partial charge is 0.352 e. The second kappa shape index (κ2) is 7.44. The number of hydrogen-bond donors (Lipinski definition) is 1. The van der Waals surface area contributed by atoms with Gasteiger partial charge in [-0.2, -0.15) is 0 Å². The number of nitrogens with one attached hydrogen (secondary N) is 1. The molecule has 0 fully saturated rings. The molecule has 4 heteroatoms. The van der Waals surface area contributed by atoms with Crippen LogP contribution in [0.1, 0.15) is 38.1 Å². The molecule has 0 spiro atoms. The normalized spacial score (nSPS) is 11.4. The van der Waals surface area contributed by atoms with E-state index in [2.05, 4.69) is 64.9 Å². The first kappa shape index (κ1) is 16.7. The average Bonchev–Trinajstić information content (AvgIpc) is 2.27. The maximum Gasteiger partial charge on any atom is 0.252 e. The first-order valence-electron chi connectivity index (χ1n) is 6.56. The zero-order chi connectivity index (χ0) is 14.6. The smallest absolute Gasteiger partial charge is 0.252 e. The van der Waals surface area contributed by atoms with Gasteiger partial charge in [-0.1, -0.05) is 43.6 Å². The third-order valence-electron chi connectivity index (χ3n) is 3.39. The molecule has 0 atom stereocenters. The third-order valence-corrected chi connectivity index (χ3v) is 4.54. The molecule has 1 amide bonds. The van der Waals surface area contributed by atoms with Crippen molar-refractivity contribution in [2.45, 2.75) is 27.7 Å². The lowest BCUT2D eigenvalue weighted by Crippen LogP contribution is -2.34. The Morgan fingerprint density at radius 1 is 1.16 bits per heavy atom. The van der Waals surface area contributed by atoms with Crippen LogP contribution in [0.3, 0.4) is 0 Å². The number of carbonyl (C=O) groups is 1. The lowest BCUT2D eigenvalue weighted by atomic mass is 9.85. The van der Waals surface area contributed by atoms with Crippen LogP contribution >= 0.6 is 31.9 Å². The van der Waals surface area contributed by atoms with Crippen molar-refractivity contribution in [2.24, 2.45) is 17.8 Å². The summed E-state index contributed by atoms with van der Waals surface area (Å²) in [5.74, 6) is 1.60. The Labute approximate surface area is 132 Å². The Bertz CT molecular complexity index is 436. The molecule has 0 aromatic heterocycles. The maximum absolute atomic E-state index is 12.2. The van der Waals surface area contributed by atoms with Crippen LogP contribution in [0.4, 0.5) is 0 Å². The molecule has 19 heavy (non-hydrogen) atoms. The molecule has 1 rings (SSSR count). The van der Waals surface area contributed by atoms with Gasteiger partial charge >= 0.3 is 0 Å². The molecule has 0 heterocycles. The summed E-state index contributed by atoms with van der Waals surface area (Å²) < 4.78 is 1.77. The standard InChI is InChI=1S/C15H21Br2NO/c1-9(2)13(10(3)4)8-18-15(19)12-6-5-11(16)7-14(12)17/h5-7,9-10,13H,8H2,1-4H3,(H,18,19). The zero-order valence-electron chi connectivity index (χ0n) is 11.8. The highest BCUT2D eigenvalue weighted by Gasteiger charge is 2.19. The van der Waals surface area contributed by atoms with E-state index in [-0.39, 0.29) is 5.91 Å². The van der Waals surface area contributed by atoms with Gasteiger partial charge in [0.25, 0.3) is 5.91 Å². The highest BCUT2D eigenvalue weighted by molar-refractivity contribution is 9.11. The van der Waals surface area contributed by atoms with Crippen molar-refractivity contribution in [2.75, 3.05) is 6.54 Å². The molecule has 0 aliphatic heterocycles. The average molecular weight is 391 g/mol. The first-order valence-corrected chi connectivity index (χ1v) is 8.14. The van der Waals surface area contributed by atoms with Gasteiger partial charge in [-0.25, -0.2) is 0 Å². The molecule has 106 valence electrons. The molecule has 0 saturated carbocycles. The van der Waals surface area contributed by atoms with Crippen LogP contribution in [-0.4, -0.2) is 12.5 Å². The van der Waals surface area contributed by atoms with Gasteiger partial charge in [0.15, 0.2) is 0 Å². The molecule has 0 bridgehead atoms. The van der Waals surface area contributed by atoms with Crippen LogP contribution in [-0.2, 0) is 0 Å². The summed E-state index contributed by atoms with van der Waals surface area (Å²) in [6, 6.07) is 5.59. The van der Waals surface area contributed by atoms with E-state index in [4.69, 9.17) is 0 Å². The van der Waals surface area contributed by atoms with Crippen LogP contribution in [0.2, 0.25) is 0 Å². The highest BCUT2D eigenvalue weighted by atomic mass is 79.9. The number of amides is 1. The minimum atomic E-state index is -0.0225. The van der Waals surface area contributed by atoms with E-state index in [1.165, 1.54) is 0 Å². The topological polar surface area (TPSA) is 29.1 Å². The minimum absolute atomic E-state index is 0.0225. The van der Waals surface area contributed by atoms with Crippen molar-refractivity contribution < 1.29 is 4.79 Å². The summed E-state index contributed by atoms with van der Waals surface area (Å²) in [6.45, 7) is 9.52. The number of rotatable bonds is 5. The van der Waals surface area contributed by atoms with E-state index < -0.39 is 0 Å². The Morgan fingerprint density at radius 3 is 2.21 bits per heavy atom. The van der Waals surface area contributed by atoms with Gasteiger partial charge in [0, 0.05) is 15.5 Å². The van der Waals surface area contributed by atoms with Gasteiger partial charge in [-0.3, -0.25) is 4.79 Å². The molecular weight excluding hydrogens is 370 g/mol. The summed E-state index contributed by atoms with van der Waals surface area (Å²) >= 11 is 6.81. The fourth-order valence-electron chi connectivity index (χ4n) is 2.22. The molecule has 0 aliphatic carbocycles. The quantitative estimate of drug-likeness (QED) is 0.763. The molecular formula is C15H21Br2NO. The van der Waals surface area contributed by atoms with E-state index in [1.54, 1.807) is 0 Å². The summed E-state index contributed by atoms with van der Waals surface area (Å²) in [5.41, 5.74) is 0.675. The van der Waals surface area contributed by atoms with E-state index in [1.807, 2.05) is 18.2 Å². The number of carbonyl (C=O) groups excluding carboxylic acids is 1. The zero-order valence-corrected chi connectivity index (χ0v) is 15.0. The SMILES string of the molecule is CC(C)C(CNC(=O)c1ccc(Br)cc1Br)C(C)C. The summed E-state index contributed by atoms with van der Waals surface area (Å²) in [5, 5.41) is 3.04. The number of hydrogen-bond acceptors (Lipinski definition) is 1. The maximum atomic E-state index is 12.2. The predicted octanol–water partition coefficient (Wildman–Crippen LogP) is 4.87. The molecule has 0 aliphatic rings. The number of halogens is 2. The molecule has 1 aromatic rings. The van der Waals surface area contributed by atoms with Crippen LogP contribution in [0.15, 0.2) is 27.1 Å². The molecule has 1 N–H and O–H groups in total. The van der Waals surface area contributed by atoms with E-state index in [9.17, 15) is 4.79 Å². The second-order valence-corrected chi connectivity index (χ2v) is 7.26. The van der Waals surface area contributed by atoms with Gasteiger partial charge in [0.2, 0.25) is 0 Å². The van der Waals surface area contributed by atoms with Crippen molar-refractivity contribution in [1.29, 1.82) is 0 Å². The Kier molecular flexibility index (Phi) is 6.54. The highest BCUT2D eigenvalue weighted by Crippen LogP contribution is 2.23. The fraction of sp³-hybridized carbons (Fsp3) is 0.533. The van der Waals surface area contributed by atoms with Crippen LogP contribution in [0.5, 0.6) is 0 Å². The van der Waals surface area contributed by atoms with Crippen molar-refractivity contribution >= 4 is 37.8 Å². The molecule has 1 aromatic carbocycles. The van der Waals surface area contributed by atoms with Crippen molar-refractivity contribution in [3.05, 3.63) is 32.7 Å². The van der Waals surface area contributed by atoms with Crippen LogP contribution in [0.25, 0.3) is 0 Å².